The van der Waals surface area contributed by atoms with Gasteiger partial charge in [0, 0.05) is 17.5 Å². The summed E-state index contributed by atoms with van der Waals surface area (Å²) in [5, 5.41) is 33.8. The molecule has 0 atom stereocenters. The summed E-state index contributed by atoms with van der Waals surface area (Å²) in [5.41, 5.74) is 4.60. The first kappa shape index (κ1) is 34.4. The number of benzene rings is 4. The van der Waals surface area contributed by atoms with Crippen LogP contribution in [0.2, 0.25) is 0 Å². The fourth-order valence-corrected chi connectivity index (χ4v) is 4.77. The van der Waals surface area contributed by atoms with Crippen LogP contribution in [0.5, 0.6) is 5.75 Å². The van der Waals surface area contributed by atoms with Gasteiger partial charge in [-0.1, -0.05) is 18.2 Å². The summed E-state index contributed by atoms with van der Waals surface area (Å²) < 4.78 is 72.2. The van der Waals surface area contributed by atoms with Gasteiger partial charge >= 0.3 is 64.8 Å². The number of anilines is 1. The number of phenolic OH excluding ortho intramolecular Hbond substituents is 1. The Morgan fingerprint density at radius 1 is 0.756 bits per heavy atom. The molecule has 4 N–H and O–H groups in total. The van der Waals surface area contributed by atoms with Gasteiger partial charge in [-0.15, -0.1) is 10.2 Å². The molecule has 0 saturated carbocycles. The van der Waals surface area contributed by atoms with Gasteiger partial charge in [0.2, 0.25) is 0 Å². The monoisotopic (exact) mass is 617 g/mol. The molecule has 0 heterocycles. The van der Waals surface area contributed by atoms with E-state index in [2.05, 4.69) is 20.5 Å². The zero-order chi connectivity index (χ0) is 28.5. The second-order valence-corrected chi connectivity index (χ2v) is 10.4. The van der Waals surface area contributed by atoms with Crippen molar-refractivity contribution in [1.82, 2.24) is 0 Å². The molecule has 200 valence electrons. The van der Waals surface area contributed by atoms with Crippen molar-refractivity contribution in [3.63, 3.8) is 0 Å². The molecule has 0 bridgehead atoms. The third-order valence-electron chi connectivity index (χ3n) is 5.22. The first-order valence-electron chi connectivity index (χ1n) is 10.5. The van der Waals surface area contributed by atoms with Gasteiger partial charge in [-0.05, 0) is 36.4 Å². The van der Waals surface area contributed by atoms with Crippen LogP contribution in [0.1, 0.15) is 0 Å². The van der Waals surface area contributed by atoms with Crippen molar-refractivity contribution in [2.24, 2.45) is 20.5 Å². The smallest absolute Gasteiger partial charge is 0.744 e. The van der Waals surface area contributed by atoms with E-state index in [-0.39, 0.29) is 81.1 Å². The Labute approximate surface area is 276 Å². The number of aromatic hydroxyl groups is 1. The predicted molar refractivity (Wildman–Crippen MR) is 132 cm³/mol. The molecule has 4 aromatic rings. The first-order valence-corrected chi connectivity index (χ1v) is 13.3. The van der Waals surface area contributed by atoms with Gasteiger partial charge in [-0.2, -0.15) is 10.2 Å². The van der Waals surface area contributed by atoms with E-state index in [9.17, 15) is 36.0 Å². The summed E-state index contributed by atoms with van der Waals surface area (Å²) in [6.07, 6.45) is 0. The minimum absolute atomic E-state index is 0. The van der Waals surface area contributed by atoms with Crippen molar-refractivity contribution in [3.8, 4) is 5.75 Å². The molecule has 0 radical (unpaired) electrons. The summed E-state index contributed by atoms with van der Waals surface area (Å²) in [5.74, 6) is -1.05. The van der Waals surface area contributed by atoms with Gasteiger partial charge in [0.15, 0.2) is 5.75 Å². The molecule has 4 aromatic carbocycles. The SMILES string of the molecule is Nc1c(N=Nc2ccc([N+](=O)O)cc2)cc(S(=O)(=O)[O-])c2cc(S(=O)(=O)[O-])c(N=Nc3ccccc3)c(O)c12.[Na+].[Na+]. The van der Waals surface area contributed by atoms with Crippen LogP contribution in [0.3, 0.4) is 0 Å². The van der Waals surface area contributed by atoms with Crippen molar-refractivity contribution < 1.29 is 100 Å². The Morgan fingerprint density at radius 3 is 1.83 bits per heavy atom. The summed E-state index contributed by atoms with van der Waals surface area (Å²) >= 11 is 0. The van der Waals surface area contributed by atoms with E-state index in [1.54, 1.807) is 18.2 Å². The molecule has 15 nitrogen and oxygen atoms in total. The molecule has 0 aliphatic carbocycles. The predicted octanol–water partition coefficient (Wildman–Crippen LogP) is -1.43. The molecule has 0 amide bonds. The maximum atomic E-state index is 12.1. The molecular formula is C22H15N6Na2O9S2+. The van der Waals surface area contributed by atoms with Crippen LogP contribution in [-0.4, -0.2) is 41.2 Å². The topological polar surface area (TPSA) is 250 Å². The zero-order valence-electron chi connectivity index (χ0n) is 21.2. The van der Waals surface area contributed by atoms with Gasteiger partial charge in [0.1, 0.15) is 31.6 Å². The Kier molecular flexibility index (Phi) is 11.3. The quantitative estimate of drug-likeness (QED) is 0.0717. The standard InChI is InChI=1S/C22H16N6O9S2.2Na/c23-20-16(26-24-13-6-8-14(9-7-13)28(30)31)11-17(38(32,33)34)15-10-18(39(35,36)37)21(22(29)19(15)20)27-25-12-4-2-1-3-5-12;;/h1-11H,(H5-,23,24,25,29,30,31,32,33,34,35,36,37);;/q;2*+1/p-1. The number of nitrogen functional groups attached to an aromatic ring is 1. The molecule has 0 aliphatic heterocycles. The van der Waals surface area contributed by atoms with E-state index >= 15 is 0 Å². The second-order valence-electron chi connectivity index (χ2n) is 7.74. The number of azo groups is 2. The number of nitrogens with two attached hydrogens (primary N) is 1. The molecule has 4 rings (SSSR count). The Bertz CT molecular complexity index is 1900. The molecule has 0 saturated heterocycles. The second kappa shape index (κ2) is 13.4. The summed E-state index contributed by atoms with van der Waals surface area (Å²) in [6, 6.07) is 14.0. The van der Waals surface area contributed by atoms with E-state index in [4.69, 9.17) is 10.9 Å². The average Bonchev–Trinajstić information content (AvgIpc) is 2.87. The average molecular weight is 618 g/mol. The van der Waals surface area contributed by atoms with Crippen molar-refractivity contribution in [2.45, 2.75) is 9.79 Å². The number of nitrogens with zero attached hydrogens (tertiary/aromatic N) is 5. The van der Waals surface area contributed by atoms with E-state index < -0.39 is 63.6 Å². The molecule has 41 heavy (non-hydrogen) atoms. The number of hydrogen-bond donors (Lipinski definition) is 3. The molecule has 0 spiro atoms. The van der Waals surface area contributed by atoms with Crippen molar-refractivity contribution >= 4 is 65.1 Å². The van der Waals surface area contributed by atoms with Crippen LogP contribution in [0.25, 0.3) is 10.8 Å². The van der Waals surface area contributed by atoms with E-state index in [1.807, 2.05) is 0 Å². The molecule has 19 heteroatoms. The van der Waals surface area contributed by atoms with Crippen molar-refractivity contribution in [1.29, 1.82) is 0 Å². The van der Waals surface area contributed by atoms with Gasteiger partial charge in [-0.25, -0.2) is 22.0 Å². The first-order chi connectivity index (χ1) is 18.3. The van der Waals surface area contributed by atoms with Crippen LogP contribution in [0.15, 0.2) is 97.0 Å². The number of rotatable bonds is 7. The maximum absolute atomic E-state index is 12.1. The van der Waals surface area contributed by atoms with Crippen LogP contribution in [0.4, 0.5) is 34.1 Å². The van der Waals surface area contributed by atoms with Gasteiger partial charge in [0.25, 0.3) is 4.92 Å². The number of hydrogen-bond acceptors (Lipinski definition) is 13. The third kappa shape index (κ3) is 7.72. The van der Waals surface area contributed by atoms with Gasteiger partial charge in [-0.3, -0.25) is 0 Å². The summed E-state index contributed by atoms with van der Waals surface area (Å²) in [7, 11) is -10.7. The van der Waals surface area contributed by atoms with E-state index in [1.165, 1.54) is 36.4 Å². The normalized spacial score (nSPS) is 11.9. The minimum Gasteiger partial charge on any atom is -0.744 e. The fourth-order valence-electron chi connectivity index (χ4n) is 3.45. The van der Waals surface area contributed by atoms with Gasteiger partial charge in [0.05, 0.1) is 37.1 Å². The molecule has 0 fully saturated rings. The zero-order valence-corrected chi connectivity index (χ0v) is 26.9. The van der Waals surface area contributed by atoms with Gasteiger partial charge < -0.3 is 19.9 Å². The third-order valence-corrected chi connectivity index (χ3v) is 6.95. The Balaban J connectivity index is 0.00000294. The van der Waals surface area contributed by atoms with Crippen LogP contribution < -0.4 is 64.8 Å². The van der Waals surface area contributed by atoms with E-state index in [0.29, 0.717) is 12.1 Å². The molecular weight excluding hydrogens is 602 g/mol. The van der Waals surface area contributed by atoms with Crippen molar-refractivity contribution in [2.75, 3.05) is 5.73 Å². The Morgan fingerprint density at radius 2 is 1.29 bits per heavy atom. The number of phenols is 1. The van der Waals surface area contributed by atoms with E-state index in [0.717, 1.165) is 0 Å². The summed E-state index contributed by atoms with van der Waals surface area (Å²) in [4.78, 5) is 8.34. The molecule has 0 aromatic heterocycles. The largest absolute Gasteiger partial charge is 1.00 e. The van der Waals surface area contributed by atoms with Crippen molar-refractivity contribution in [3.05, 3.63) is 71.6 Å². The number of fused-ring (bicyclic) bond motifs is 1. The molecule has 0 aliphatic rings. The minimum atomic E-state index is -5.38. The van der Waals surface area contributed by atoms with Crippen LogP contribution in [0, 0.1) is 4.91 Å². The fraction of sp³-hybridized carbons (Fsp3) is 0. The maximum Gasteiger partial charge on any atom is 1.00 e. The van der Waals surface area contributed by atoms with Crippen LogP contribution in [-0.2, 0) is 20.2 Å². The molecule has 0 unspecified atom stereocenters. The summed E-state index contributed by atoms with van der Waals surface area (Å²) in [6.45, 7) is 0. The Hall–Kier alpha value is -2.84. The van der Waals surface area contributed by atoms with Crippen LogP contribution >= 0.6 is 0 Å².